The van der Waals surface area contributed by atoms with Crippen LogP contribution in [0.5, 0.6) is 5.75 Å². The van der Waals surface area contributed by atoms with Gasteiger partial charge < -0.3 is 9.47 Å². The maximum absolute atomic E-state index is 13.8. The van der Waals surface area contributed by atoms with E-state index in [0.29, 0.717) is 37.0 Å². The monoisotopic (exact) mass is 531 g/mol. The summed E-state index contributed by atoms with van der Waals surface area (Å²) in [5.74, 6) is -0.678. The van der Waals surface area contributed by atoms with Gasteiger partial charge in [-0.3, -0.25) is 15.0 Å². The molecule has 3 rings (SSSR count). The topological polar surface area (TPSA) is 118 Å². The van der Waals surface area contributed by atoms with E-state index in [-0.39, 0.29) is 42.5 Å². The molecule has 1 aliphatic rings. The molecule has 1 heterocycles. The first-order chi connectivity index (χ1) is 16.4. The molecule has 1 aromatic heterocycles. The summed E-state index contributed by atoms with van der Waals surface area (Å²) in [7, 11) is -2.67. The van der Waals surface area contributed by atoms with Crippen molar-refractivity contribution in [2.24, 2.45) is 5.92 Å². The third-order valence-corrected chi connectivity index (χ3v) is 7.88. The Bertz CT molecular complexity index is 1020. The number of nitrogens with zero attached hydrogens (tertiary/aromatic N) is 2. The Balaban J connectivity index is 0.00000432. The standard InChI is InChI=1S/C23H30FN3O6S.ClH/c1-32-19-6-8-21(9-7-19)34(30,31)27(16-17-10-13-25-14-11-17)22(23(28)26-29)18-2-4-20(5-3-18)33-15-12-24;/h6-11,13-14,18,20,22,29H,2-5,12,15-16H2,1H3,(H,26,28);1H. The minimum Gasteiger partial charge on any atom is -0.497 e. The van der Waals surface area contributed by atoms with Gasteiger partial charge in [0.1, 0.15) is 18.5 Å². The summed E-state index contributed by atoms with van der Waals surface area (Å²) in [6.07, 6.45) is 5.04. The Kier molecular flexibility index (Phi) is 11.3. The molecule has 0 saturated heterocycles. The van der Waals surface area contributed by atoms with Gasteiger partial charge in [0.2, 0.25) is 10.0 Å². The largest absolute Gasteiger partial charge is 0.497 e. The van der Waals surface area contributed by atoms with Gasteiger partial charge in [-0.2, -0.15) is 4.31 Å². The van der Waals surface area contributed by atoms with Crippen LogP contribution in [-0.2, 0) is 26.1 Å². The molecule has 0 aliphatic heterocycles. The maximum Gasteiger partial charge on any atom is 0.262 e. The van der Waals surface area contributed by atoms with Crippen molar-refractivity contribution in [3.63, 3.8) is 0 Å². The van der Waals surface area contributed by atoms with Crippen LogP contribution in [0.25, 0.3) is 0 Å². The average molecular weight is 532 g/mol. The van der Waals surface area contributed by atoms with Gasteiger partial charge >= 0.3 is 0 Å². The van der Waals surface area contributed by atoms with Crippen LogP contribution in [0.4, 0.5) is 4.39 Å². The van der Waals surface area contributed by atoms with Gasteiger partial charge in [0.25, 0.3) is 5.91 Å². The zero-order valence-electron chi connectivity index (χ0n) is 19.4. The van der Waals surface area contributed by atoms with E-state index < -0.39 is 28.6 Å². The second-order valence-corrected chi connectivity index (χ2v) is 9.99. The van der Waals surface area contributed by atoms with Gasteiger partial charge in [-0.25, -0.2) is 18.3 Å². The highest BCUT2D eigenvalue weighted by molar-refractivity contribution is 7.89. The quantitative estimate of drug-likeness (QED) is 0.338. The van der Waals surface area contributed by atoms with Crippen LogP contribution >= 0.6 is 12.4 Å². The highest BCUT2D eigenvalue weighted by atomic mass is 35.5. The molecule has 1 amide bonds. The fraction of sp³-hybridized carbons (Fsp3) is 0.478. The van der Waals surface area contributed by atoms with Crippen LogP contribution in [0.3, 0.4) is 0 Å². The Morgan fingerprint density at radius 3 is 2.34 bits per heavy atom. The van der Waals surface area contributed by atoms with Crippen LogP contribution in [0.15, 0.2) is 53.7 Å². The summed E-state index contributed by atoms with van der Waals surface area (Å²) >= 11 is 0. The number of halogens is 2. The fourth-order valence-electron chi connectivity index (χ4n) is 4.31. The molecule has 2 N–H and O–H groups in total. The minimum absolute atomic E-state index is 0. The lowest BCUT2D eigenvalue weighted by atomic mass is 9.82. The van der Waals surface area contributed by atoms with Crippen molar-refractivity contribution in [1.82, 2.24) is 14.8 Å². The number of benzene rings is 1. The number of pyridine rings is 1. The molecule has 194 valence electrons. The van der Waals surface area contributed by atoms with Gasteiger partial charge in [-0.05, 0) is 73.6 Å². The predicted molar refractivity (Wildman–Crippen MR) is 129 cm³/mol. The third kappa shape index (κ3) is 7.34. The molecule has 1 saturated carbocycles. The number of rotatable bonds is 11. The van der Waals surface area contributed by atoms with Crippen molar-refractivity contribution in [3.05, 3.63) is 54.4 Å². The Morgan fingerprint density at radius 2 is 1.80 bits per heavy atom. The van der Waals surface area contributed by atoms with E-state index in [4.69, 9.17) is 9.47 Å². The molecular weight excluding hydrogens is 501 g/mol. The van der Waals surface area contributed by atoms with E-state index >= 15 is 0 Å². The highest BCUT2D eigenvalue weighted by Crippen LogP contribution is 2.34. The normalized spacial score (nSPS) is 19.0. The number of hydrogen-bond acceptors (Lipinski definition) is 7. The highest BCUT2D eigenvalue weighted by Gasteiger charge is 2.42. The Hall–Kier alpha value is -2.31. The molecule has 0 radical (unpaired) electrons. The van der Waals surface area contributed by atoms with Crippen molar-refractivity contribution in [2.45, 2.75) is 49.3 Å². The molecule has 12 heteroatoms. The number of amides is 1. The maximum atomic E-state index is 13.8. The first kappa shape index (κ1) is 28.9. The second kappa shape index (κ2) is 13.7. The first-order valence-corrected chi connectivity index (χ1v) is 12.5. The molecule has 1 atom stereocenters. The van der Waals surface area contributed by atoms with Crippen LogP contribution in [-0.4, -0.2) is 61.4 Å². The SMILES string of the molecule is COc1ccc(S(=O)(=O)N(Cc2ccncc2)C(C(=O)NO)C2CCC(OCCF)CC2)cc1.Cl. The van der Waals surface area contributed by atoms with Crippen molar-refractivity contribution >= 4 is 28.3 Å². The second-order valence-electron chi connectivity index (χ2n) is 8.10. The fourth-order valence-corrected chi connectivity index (χ4v) is 5.95. The molecule has 1 aromatic carbocycles. The number of nitrogens with one attached hydrogen (secondary N) is 1. The molecule has 9 nitrogen and oxygen atoms in total. The number of hydroxylamine groups is 1. The smallest absolute Gasteiger partial charge is 0.262 e. The van der Waals surface area contributed by atoms with Gasteiger partial charge in [-0.15, -0.1) is 12.4 Å². The van der Waals surface area contributed by atoms with Crippen LogP contribution < -0.4 is 10.2 Å². The number of ether oxygens (including phenoxy) is 2. The third-order valence-electron chi connectivity index (χ3n) is 6.04. The number of methoxy groups -OCH3 is 1. The van der Waals surface area contributed by atoms with E-state index in [0.717, 1.165) is 4.31 Å². The predicted octanol–water partition coefficient (Wildman–Crippen LogP) is 3.12. The first-order valence-electron chi connectivity index (χ1n) is 11.1. The van der Waals surface area contributed by atoms with E-state index in [9.17, 15) is 22.8 Å². The summed E-state index contributed by atoms with van der Waals surface area (Å²) < 4.78 is 51.8. The van der Waals surface area contributed by atoms with Crippen LogP contribution in [0.1, 0.15) is 31.2 Å². The molecule has 2 aromatic rings. The number of aromatic nitrogens is 1. The number of carbonyl (C=O) groups excluding carboxylic acids is 1. The minimum atomic E-state index is -4.15. The number of sulfonamides is 1. The molecule has 0 spiro atoms. The van der Waals surface area contributed by atoms with Gasteiger partial charge in [-0.1, -0.05) is 0 Å². The number of alkyl halides is 1. The summed E-state index contributed by atoms with van der Waals surface area (Å²) in [6, 6.07) is 8.09. The van der Waals surface area contributed by atoms with Crippen molar-refractivity contribution in [3.8, 4) is 5.75 Å². The van der Waals surface area contributed by atoms with Crippen LogP contribution in [0.2, 0.25) is 0 Å². The lowest BCUT2D eigenvalue weighted by Gasteiger charge is -2.38. The van der Waals surface area contributed by atoms with Crippen LogP contribution in [0, 0.1) is 5.92 Å². The van der Waals surface area contributed by atoms with E-state index in [1.807, 2.05) is 0 Å². The Labute approximate surface area is 211 Å². The molecule has 1 unspecified atom stereocenters. The summed E-state index contributed by atoms with van der Waals surface area (Å²) in [6.45, 7) is -0.654. The zero-order chi connectivity index (χ0) is 24.6. The van der Waals surface area contributed by atoms with E-state index in [1.165, 1.54) is 31.4 Å². The van der Waals surface area contributed by atoms with E-state index in [2.05, 4.69) is 4.98 Å². The molecule has 1 fully saturated rings. The lowest BCUT2D eigenvalue weighted by Crippen LogP contribution is -2.53. The number of hydrogen-bond donors (Lipinski definition) is 2. The van der Waals surface area contributed by atoms with E-state index in [1.54, 1.807) is 30.0 Å². The Morgan fingerprint density at radius 1 is 1.17 bits per heavy atom. The lowest BCUT2D eigenvalue weighted by molar-refractivity contribution is -0.136. The van der Waals surface area contributed by atoms with Crippen molar-refractivity contribution < 1.29 is 32.3 Å². The summed E-state index contributed by atoms with van der Waals surface area (Å²) in [5, 5.41) is 9.51. The van der Waals surface area contributed by atoms with Gasteiger partial charge in [0, 0.05) is 18.9 Å². The molecular formula is C23H31ClFN3O6S. The number of carbonyl (C=O) groups is 1. The molecule has 0 bridgehead atoms. The van der Waals surface area contributed by atoms with Crippen molar-refractivity contribution in [1.29, 1.82) is 0 Å². The summed E-state index contributed by atoms with van der Waals surface area (Å²) in [4.78, 5) is 16.9. The molecule has 35 heavy (non-hydrogen) atoms. The molecule has 1 aliphatic carbocycles. The zero-order valence-corrected chi connectivity index (χ0v) is 21.0. The van der Waals surface area contributed by atoms with Gasteiger partial charge in [0.15, 0.2) is 0 Å². The average Bonchev–Trinajstić information content (AvgIpc) is 2.88. The summed E-state index contributed by atoms with van der Waals surface area (Å²) in [5.41, 5.74) is 2.30. The van der Waals surface area contributed by atoms with Crippen molar-refractivity contribution in [2.75, 3.05) is 20.4 Å². The van der Waals surface area contributed by atoms with Gasteiger partial charge in [0.05, 0.1) is 24.7 Å².